The van der Waals surface area contributed by atoms with Crippen LogP contribution in [0.5, 0.6) is 0 Å². The van der Waals surface area contributed by atoms with Crippen LogP contribution >= 0.6 is 0 Å². The maximum Gasteiger partial charge on any atom is 0.255 e. The third-order valence-electron chi connectivity index (χ3n) is 4.51. The van der Waals surface area contributed by atoms with Gasteiger partial charge in [-0.05, 0) is 36.3 Å². The topological polar surface area (TPSA) is 48.0 Å². The Hall–Kier alpha value is -1.61. The van der Waals surface area contributed by atoms with E-state index in [1.165, 1.54) is 12.8 Å². The Bertz CT molecular complexity index is 674. The molecule has 2 atom stereocenters. The van der Waals surface area contributed by atoms with Gasteiger partial charge in [0.05, 0.1) is 5.52 Å². The summed E-state index contributed by atoms with van der Waals surface area (Å²) in [5.74, 6) is 0.695. The van der Waals surface area contributed by atoms with Crippen LogP contribution in [0.2, 0.25) is 0 Å². The molecule has 3 heteroatoms. The molecule has 2 aromatic rings. The van der Waals surface area contributed by atoms with Crippen molar-refractivity contribution >= 4 is 10.9 Å². The van der Waals surface area contributed by atoms with E-state index in [-0.39, 0.29) is 5.56 Å². The van der Waals surface area contributed by atoms with Gasteiger partial charge < -0.3 is 10.3 Å². The number of nitrogens with two attached hydrogens (primary N) is 1. The molecule has 20 heavy (non-hydrogen) atoms. The van der Waals surface area contributed by atoms with Crippen molar-refractivity contribution in [3.8, 4) is 0 Å². The molecule has 3 nitrogen and oxygen atoms in total. The maximum absolute atomic E-state index is 12.7. The second-order valence-corrected chi connectivity index (χ2v) is 6.03. The van der Waals surface area contributed by atoms with Crippen LogP contribution in [0.25, 0.3) is 10.9 Å². The Morgan fingerprint density at radius 1 is 1.30 bits per heavy atom. The van der Waals surface area contributed by atoms with Crippen molar-refractivity contribution in [3.05, 3.63) is 46.2 Å². The summed E-state index contributed by atoms with van der Waals surface area (Å²) in [5, 5.41) is 1.12. The lowest BCUT2D eigenvalue weighted by molar-refractivity contribution is 0.282. The molecule has 2 unspecified atom stereocenters. The average Bonchev–Trinajstić information content (AvgIpc) is 2.46. The van der Waals surface area contributed by atoms with Gasteiger partial charge in [-0.15, -0.1) is 0 Å². The summed E-state index contributed by atoms with van der Waals surface area (Å²) in [7, 11) is 0. The van der Waals surface area contributed by atoms with Gasteiger partial charge in [0, 0.05) is 18.2 Å². The van der Waals surface area contributed by atoms with Gasteiger partial charge in [0.2, 0.25) is 0 Å². The SMILES string of the molecule is CC1CCCC(n2c(=O)c(CN)cc3ccccc32)C1. The number of hydrogen-bond acceptors (Lipinski definition) is 2. The zero-order chi connectivity index (χ0) is 14.1. The number of fused-ring (bicyclic) bond motifs is 1. The highest BCUT2D eigenvalue weighted by Gasteiger charge is 2.23. The molecular formula is C17H22N2O. The summed E-state index contributed by atoms with van der Waals surface area (Å²) in [6.07, 6.45) is 4.68. The molecule has 1 fully saturated rings. The molecule has 1 saturated carbocycles. The number of benzene rings is 1. The highest BCUT2D eigenvalue weighted by molar-refractivity contribution is 5.79. The van der Waals surface area contributed by atoms with Gasteiger partial charge in [-0.1, -0.05) is 38.0 Å². The fourth-order valence-corrected chi connectivity index (χ4v) is 3.49. The van der Waals surface area contributed by atoms with Gasteiger partial charge in [-0.2, -0.15) is 0 Å². The predicted octanol–water partition coefficient (Wildman–Crippen LogP) is 3.21. The Labute approximate surface area is 119 Å². The zero-order valence-electron chi connectivity index (χ0n) is 12.0. The van der Waals surface area contributed by atoms with Crippen molar-refractivity contribution in [1.82, 2.24) is 4.57 Å². The summed E-state index contributed by atoms with van der Waals surface area (Å²) in [4.78, 5) is 12.7. The van der Waals surface area contributed by atoms with E-state index in [2.05, 4.69) is 19.1 Å². The van der Waals surface area contributed by atoms with Gasteiger partial charge >= 0.3 is 0 Å². The van der Waals surface area contributed by atoms with Crippen LogP contribution in [0.3, 0.4) is 0 Å². The first-order valence-electron chi connectivity index (χ1n) is 7.54. The van der Waals surface area contributed by atoms with E-state index in [4.69, 9.17) is 5.73 Å². The minimum atomic E-state index is 0.102. The maximum atomic E-state index is 12.7. The zero-order valence-corrected chi connectivity index (χ0v) is 12.0. The second kappa shape index (κ2) is 5.41. The fraction of sp³-hybridized carbons (Fsp3) is 0.471. The second-order valence-electron chi connectivity index (χ2n) is 6.03. The molecule has 0 amide bonds. The minimum Gasteiger partial charge on any atom is -0.326 e. The van der Waals surface area contributed by atoms with Crippen LogP contribution in [0.15, 0.2) is 35.1 Å². The summed E-state index contributed by atoms with van der Waals surface area (Å²) in [6.45, 7) is 2.60. The average molecular weight is 270 g/mol. The first-order valence-corrected chi connectivity index (χ1v) is 7.54. The van der Waals surface area contributed by atoms with Gasteiger partial charge in [0.1, 0.15) is 0 Å². The minimum absolute atomic E-state index is 0.102. The Morgan fingerprint density at radius 2 is 2.10 bits per heavy atom. The highest BCUT2D eigenvalue weighted by atomic mass is 16.1. The third kappa shape index (κ3) is 2.27. The molecule has 0 spiro atoms. The van der Waals surface area contributed by atoms with Gasteiger partial charge in [-0.25, -0.2) is 0 Å². The van der Waals surface area contributed by atoms with Gasteiger partial charge in [0.15, 0.2) is 0 Å². The summed E-state index contributed by atoms with van der Waals surface area (Å²) in [5.41, 5.74) is 7.63. The van der Waals surface area contributed by atoms with E-state index < -0.39 is 0 Å². The number of nitrogens with zero attached hydrogens (tertiary/aromatic N) is 1. The van der Waals surface area contributed by atoms with E-state index >= 15 is 0 Å². The van der Waals surface area contributed by atoms with Gasteiger partial charge in [-0.3, -0.25) is 4.79 Å². The molecule has 1 aliphatic rings. The number of rotatable bonds is 2. The Kier molecular flexibility index (Phi) is 3.62. The molecule has 2 N–H and O–H groups in total. The van der Waals surface area contributed by atoms with Crippen molar-refractivity contribution in [2.75, 3.05) is 0 Å². The molecular weight excluding hydrogens is 248 g/mol. The third-order valence-corrected chi connectivity index (χ3v) is 4.51. The molecule has 0 radical (unpaired) electrons. The van der Waals surface area contributed by atoms with E-state index in [1.54, 1.807) is 0 Å². The number of aromatic nitrogens is 1. The van der Waals surface area contributed by atoms with Crippen LogP contribution in [-0.2, 0) is 6.54 Å². The molecule has 3 rings (SSSR count). The molecule has 0 bridgehead atoms. The van der Waals surface area contributed by atoms with E-state index in [0.717, 1.165) is 29.3 Å². The van der Waals surface area contributed by atoms with Crippen LogP contribution in [0.1, 0.15) is 44.2 Å². The summed E-state index contributed by atoms with van der Waals surface area (Å²) < 4.78 is 2.01. The monoisotopic (exact) mass is 270 g/mol. The van der Waals surface area contributed by atoms with E-state index in [0.29, 0.717) is 18.5 Å². The lowest BCUT2D eigenvalue weighted by atomic mass is 9.86. The van der Waals surface area contributed by atoms with Crippen LogP contribution < -0.4 is 11.3 Å². The van der Waals surface area contributed by atoms with Crippen molar-refractivity contribution in [3.63, 3.8) is 0 Å². The number of hydrogen-bond donors (Lipinski definition) is 1. The highest BCUT2D eigenvalue weighted by Crippen LogP contribution is 2.33. The largest absolute Gasteiger partial charge is 0.326 e. The van der Waals surface area contributed by atoms with E-state index in [1.807, 2.05) is 22.8 Å². The number of pyridine rings is 1. The fourth-order valence-electron chi connectivity index (χ4n) is 3.49. The number of para-hydroxylation sites is 1. The summed E-state index contributed by atoms with van der Waals surface area (Å²) in [6, 6.07) is 10.4. The predicted molar refractivity (Wildman–Crippen MR) is 82.8 cm³/mol. The molecule has 106 valence electrons. The van der Waals surface area contributed by atoms with Crippen LogP contribution in [0, 0.1) is 5.92 Å². The van der Waals surface area contributed by atoms with Crippen molar-refractivity contribution in [2.45, 2.75) is 45.2 Å². The molecule has 1 aromatic heterocycles. The molecule has 1 heterocycles. The Morgan fingerprint density at radius 3 is 2.85 bits per heavy atom. The van der Waals surface area contributed by atoms with Crippen molar-refractivity contribution < 1.29 is 0 Å². The quantitative estimate of drug-likeness (QED) is 0.911. The van der Waals surface area contributed by atoms with Crippen molar-refractivity contribution in [2.24, 2.45) is 11.7 Å². The first kappa shape index (κ1) is 13.4. The lowest BCUT2D eigenvalue weighted by Crippen LogP contribution is -2.31. The summed E-state index contributed by atoms with van der Waals surface area (Å²) >= 11 is 0. The molecule has 1 aromatic carbocycles. The smallest absolute Gasteiger partial charge is 0.255 e. The Balaban J connectivity index is 2.21. The van der Waals surface area contributed by atoms with E-state index in [9.17, 15) is 4.79 Å². The first-order chi connectivity index (χ1) is 9.70. The van der Waals surface area contributed by atoms with Gasteiger partial charge in [0.25, 0.3) is 5.56 Å². The standard InChI is InChI=1S/C17H22N2O/c1-12-5-4-7-15(9-12)19-16-8-3-2-6-13(16)10-14(11-18)17(19)20/h2-3,6,8,10,12,15H,4-5,7,9,11,18H2,1H3. The lowest BCUT2D eigenvalue weighted by Gasteiger charge is -2.29. The molecule has 1 aliphatic carbocycles. The normalized spacial score (nSPS) is 23.1. The molecule has 0 aliphatic heterocycles. The van der Waals surface area contributed by atoms with Crippen LogP contribution in [0.4, 0.5) is 0 Å². The van der Waals surface area contributed by atoms with Crippen molar-refractivity contribution in [1.29, 1.82) is 0 Å². The van der Waals surface area contributed by atoms with Crippen LogP contribution in [-0.4, -0.2) is 4.57 Å². The molecule has 0 saturated heterocycles.